The number of hydrogen-bond donors (Lipinski definition) is 1. The molecule has 0 spiro atoms. The Kier molecular flexibility index (Phi) is 66.0. The fraction of sp³-hybridized carbons (Fsp3) is 0.988. The van der Waals surface area contributed by atoms with Crippen molar-refractivity contribution in [3.8, 4) is 0 Å². The van der Waals surface area contributed by atoms with E-state index in [-0.39, 0.29) is 11.4 Å². The maximum Gasteiger partial charge on any atom is 0.310 e. The highest BCUT2D eigenvalue weighted by Gasteiger charge is 2.55. The van der Waals surface area contributed by atoms with E-state index < -0.39 is 5.41 Å². The second kappa shape index (κ2) is 66.4. The van der Waals surface area contributed by atoms with Crippen LogP contribution in [-0.2, 0) is 4.79 Å². The molecule has 0 aromatic carbocycles. The highest BCUT2D eigenvalue weighted by Crippen LogP contribution is 2.58. The van der Waals surface area contributed by atoms with Crippen molar-refractivity contribution in [1.29, 1.82) is 0 Å². The molecule has 0 radical (unpaired) electrons. The Labute approximate surface area is 521 Å². The van der Waals surface area contributed by atoms with Gasteiger partial charge in [-0.15, -0.1) is 0 Å². The maximum atomic E-state index is 15.1. The number of unbranched alkanes of at least 4 members (excludes halogenated alkanes) is 57. The Hall–Kier alpha value is -0.530. The average Bonchev–Trinajstić information content (AvgIpc) is 3.54. The lowest BCUT2D eigenvalue weighted by atomic mass is 9.52. The van der Waals surface area contributed by atoms with Gasteiger partial charge in [-0.25, -0.2) is 0 Å². The molecule has 0 aliphatic carbocycles. The summed E-state index contributed by atoms with van der Waals surface area (Å²) >= 11 is 0. The SMILES string of the molecule is CCCCCCCCCCCCCCC(CCCCCCCCCCC)(CC(CCCCCCCCCC)CCCCCCCCCCCC)C(CCCCCCCCCCCCCC)(CCCCCCCCCCCCCC)C(=O)O. The van der Waals surface area contributed by atoms with Crippen LogP contribution in [0.5, 0.6) is 0 Å². The lowest BCUT2D eigenvalue weighted by Crippen LogP contribution is -2.49. The molecule has 0 saturated carbocycles. The Morgan fingerprint density at radius 1 is 0.232 bits per heavy atom. The minimum absolute atomic E-state index is 0.0999. The molecular formula is C80H160O2. The molecule has 492 valence electrons. The van der Waals surface area contributed by atoms with Crippen LogP contribution in [0.2, 0.25) is 0 Å². The highest BCUT2D eigenvalue weighted by atomic mass is 16.4. The van der Waals surface area contributed by atoms with Crippen molar-refractivity contribution in [3.05, 3.63) is 0 Å². The summed E-state index contributed by atoms with van der Waals surface area (Å²) in [6, 6.07) is 0. The zero-order valence-electron chi connectivity index (χ0n) is 58.4. The van der Waals surface area contributed by atoms with Crippen molar-refractivity contribution in [2.75, 3.05) is 0 Å². The number of hydrogen-bond acceptors (Lipinski definition) is 1. The van der Waals surface area contributed by atoms with E-state index in [0.717, 1.165) is 25.7 Å². The molecule has 0 aliphatic rings. The van der Waals surface area contributed by atoms with Crippen LogP contribution in [0.4, 0.5) is 0 Å². The third-order valence-electron chi connectivity index (χ3n) is 20.7. The minimum atomic E-state index is -0.600. The van der Waals surface area contributed by atoms with Crippen LogP contribution in [0.25, 0.3) is 0 Å². The van der Waals surface area contributed by atoms with Crippen LogP contribution >= 0.6 is 0 Å². The van der Waals surface area contributed by atoms with E-state index in [1.165, 1.54) is 424 Å². The third kappa shape index (κ3) is 50.5. The van der Waals surface area contributed by atoms with Gasteiger partial charge in [0.1, 0.15) is 0 Å². The second-order valence-corrected chi connectivity index (χ2v) is 28.5. The Morgan fingerprint density at radius 2 is 0.390 bits per heavy atom. The first kappa shape index (κ1) is 81.5. The predicted octanol–water partition coefficient (Wildman–Crippen LogP) is 30.1. The zero-order valence-corrected chi connectivity index (χ0v) is 58.4. The van der Waals surface area contributed by atoms with Crippen LogP contribution in [-0.4, -0.2) is 11.1 Å². The lowest BCUT2D eigenvalue weighted by molar-refractivity contribution is -0.165. The maximum absolute atomic E-state index is 15.1. The number of aliphatic carboxylic acids is 1. The van der Waals surface area contributed by atoms with E-state index in [0.29, 0.717) is 5.92 Å². The van der Waals surface area contributed by atoms with Crippen LogP contribution in [0.3, 0.4) is 0 Å². The molecule has 0 heterocycles. The Morgan fingerprint density at radius 3 is 0.573 bits per heavy atom. The van der Waals surface area contributed by atoms with Crippen LogP contribution < -0.4 is 0 Å². The molecule has 0 bridgehead atoms. The molecule has 0 aliphatic heterocycles. The number of carboxylic acids is 1. The first-order valence-corrected chi connectivity index (χ1v) is 39.7. The summed E-state index contributed by atoms with van der Waals surface area (Å²) in [5.74, 6) is 0.311. The fourth-order valence-corrected chi connectivity index (χ4v) is 15.1. The van der Waals surface area contributed by atoms with Gasteiger partial charge >= 0.3 is 5.97 Å². The Bertz CT molecular complexity index is 1160. The highest BCUT2D eigenvalue weighted by molar-refractivity contribution is 5.76. The van der Waals surface area contributed by atoms with Gasteiger partial charge in [0.25, 0.3) is 0 Å². The first-order chi connectivity index (χ1) is 40.4. The molecule has 1 N–H and O–H groups in total. The van der Waals surface area contributed by atoms with Crippen molar-refractivity contribution in [2.45, 2.75) is 491 Å². The third-order valence-corrected chi connectivity index (χ3v) is 20.7. The summed E-state index contributed by atoms with van der Waals surface area (Å²) in [5, 5.41) is 12.5. The molecule has 0 aromatic rings. The van der Waals surface area contributed by atoms with Gasteiger partial charge in [-0.05, 0) is 43.4 Å². The molecular weight excluding hydrogens is 993 g/mol. The normalized spacial score (nSPS) is 13.1. The smallest absolute Gasteiger partial charge is 0.310 e. The number of carboxylic acid groups (broad SMARTS) is 1. The topological polar surface area (TPSA) is 37.3 Å². The van der Waals surface area contributed by atoms with Crippen molar-refractivity contribution in [1.82, 2.24) is 0 Å². The van der Waals surface area contributed by atoms with Gasteiger partial charge in [0, 0.05) is 0 Å². The minimum Gasteiger partial charge on any atom is -0.481 e. The molecule has 0 rings (SSSR count). The summed E-state index contributed by atoms with van der Waals surface area (Å²) in [6.45, 7) is 14.0. The standard InChI is InChI=1S/C80H160O2/c1-7-13-19-25-31-37-41-44-49-55-61-67-73-79(72-66-60-54-48-35-29-23-17-11-5,76-77(70-64-58-52-36-30-24-18-12-6)71-65-59-53-47-40-34-28-22-16-10-4)80(78(81)82,74-68-62-56-50-45-42-38-32-26-20-14-8-2)75-69-63-57-51-46-43-39-33-27-21-15-9-3/h77H,7-76H2,1-6H3,(H,81,82). The molecule has 0 saturated heterocycles. The van der Waals surface area contributed by atoms with Crippen molar-refractivity contribution < 1.29 is 9.90 Å². The van der Waals surface area contributed by atoms with E-state index in [4.69, 9.17) is 0 Å². The lowest BCUT2D eigenvalue weighted by Gasteiger charge is -2.51. The molecule has 2 atom stereocenters. The van der Waals surface area contributed by atoms with Gasteiger partial charge in [-0.2, -0.15) is 0 Å². The van der Waals surface area contributed by atoms with Gasteiger partial charge in [0.2, 0.25) is 0 Å². The second-order valence-electron chi connectivity index (χ2n) is 28.5. The van der Waals surface area contributed by atoms with Gasteiger partial charge in [-0.3, -0.25) is 4.79 Å². The van der Waals surface area contributed by atoms with Crippen molar-refractivity contribution in [3.63, 3.8) is 0 Å². The van der Waals surface area contributed by atoms with Gasteiger partial charge in [0.15, 0.2) is 0 Å². The summed E-state index contributed by atoms with van der Waals surface area (Å²) in [7, 11) is 0. The van der Waals surface area contributed by atoms with E-state index >= 15 is 4.79 Å². The molecule has 2 heteroatoms. The predicted molar refractivity (Wildman–Crippen MR) is 373 cm³/mol. The largest absolute Gasteiger partial charge is 0.481 e. The van der Waals surface area contributed by atoms with E-state index in [1.54, 1.807) is 0 Å². The quantitative estimate of drug-likeness (QED) is 0.0616. The van der Waals surface area contributed by atoms with Crippen LogP contribution in [0.15, 0.2) is 0 Å². The van der Waals surface area contributed by atoms with Crippen LogP contribution in [0, 0.1) is 16.7 Å². The molecule has 0 aromatic heterocycles. The summed E-state index contributed by atoms with van der Waals surface area (Å²) in [5.41, 5.74) is -0.700. The fourth-order valence-electron chi connectivity index (χ4n) is 15.1. The zero-order chi connectivity index (χ0) is 59.7. The summed E-state index contributed by atoms with van der Waals surface area (Å²) in [4.78, 5) is 15.1. The Balaban J connectivity index is 7.02. The summed E-state index contributed by atoms with van der Waals surface area (Å²) in [6.07, 6.45) is 94.3. The average molecular weight is 1150 g/mol. The molecule has 2 unspecified atom stereocenters. The molecule has 2 nitrogen and oxygen atoms in total. The molecule has 0 amide bonds. The van der Waals surface area contributed by atoms with E-state index in [1.807, 2.05) is 0 Å². The number of rotatable bonds is 73. The van der Waals surface area contributed by atoms with Crippen molar-refractivity contribution in [2.24, 2.45) is 16.7 Å². The number of carbonyl (C=O) groups is 1. The van der Waals surface area contributed by atoms with Gasteiger partial charge in [-0.1, -0.05) is 459 Å². The van der Waals surface area contributed by atoms with Gasteiger partial charge in [0.05, 0.1) is 5.41 Å². The first-order valence-electron chi connectivity index (χ1n) is 39.7. The summed E-state index contributed by atoms with van der Waals surface area (Å²) < 4.78 is 0. The van der Waals surface area contributed by atoms with Crippen LogP contribution in [0.1, 0.15) is 491 Å². The van der Waals surface area contributed by atoms with E-state index in [9.17, 15) is 5.11 Å². The monoisotopic (exact) mass is 1150 g/mol. The van der Waals surface area contributed by atoms with Crippen molar-refractivity contribution >= 4 is 5.97 Å². The van der Waals surface area contributed by atoms with Gasteiger partial charge < -0.3 is 5.11 Å². The van der Waals surface area contributed by atoms with E-state index in [2.05, 4.69) is 41.5 Å². The molecule has 82 heavy (non-hydrogen) atoms. The molecule has 0 fully saturated rings.